The van der Waals surface area contributed by atoms with Crippen molar-refractivity contribution in [1.29, 1.82) is 0 Å². The van der Waals surface area contributed by atoms with Crippen LogP contribution in [-0.2, 0) is 14.3 Å². The van der Waals surface area contributed by atoms with Crippen molar-refractivity contribution in [2.45, 2.75) is 32.8 Å². The number of hydrogen-bond acceptors (Lipinski definition) is 4. The van der Waals surface area contributed by atoms with Crippen LogP contribution in [0, 0.1) is 6.92 Å². The molecule has 2 aromatic carbocycles. The summed E-state index contributed by atoms with van der Waals surface area (Å²) >= 11 is 0. The third-order valence-electron chi connectivity index (χ3n) is 3.59. The molecule has 1 unspecified atom stereocenters. The van der Waals surface area contributed by atoms with Crippen molar-refractivity contribution in [2.75, 3.05) is 5.32 Å². The topological polar surface area (TPSA) is 72.5 Å². The van der Waals surface area contributed by atoms with E-state index in [0.29, 0.717) is 11.3 Å². The first-order chi connectivity index (χ1) is 12.0. The van der Waals surface area contributed by atoms with E-state index >= 15 is 0 Å². The number of rotatable bonds is 7. The summed E-state index contributed by atoms with van der Waals surface area (Å²) in [7, 11) is 0. The highest BCUT2D eigenvalue weighted by Gasteiger charge is 2.19. The molecule has 0 aliphatic heterocycles. The summed E-state index contributed by atoms with van der Waals surface area (Å²) in [6, 6.07) is 16.0. The number of carbonyl (C=O) groups excluding carboxylic acids is 3. The zero-order chi connectivity index (χ0) is 18.2. The Balaban J connectivity index is 1.78. The van der Waals surface area contributed by atoms with E-state index in [1.807, 2.05) is 25.1 Å². The van der Waals surface area contributed by atoms with E-state index in [1.165, 1.54) is 6.92 Å². The van der Waals surface area contributed by atoms with Gasteiger partial charge in [-0.15, -0.1) is 0 Å². The Morgan fingerprint density at radius 1 is 1.00 bits per heavy atom. The number of esters is 1. The monoisotopic (exact) mass is 339 g/mol. The second-order valence-electron chi connectivity index (χ2n) is 5.78. The van der Waals surface area contributed by atoms with Crippen LogP contribution < -0.4 is 5.32 Å². The molecule has 2 aromatic rings. The lowest BCUT2D eigenvalue weighted by molar-refractivity contribution is -0.147. The predicted octanol–water partition coefficient (Wildman–Crippen LogP) is 3.53. The zero-order valence-corrected chi connectivity index (χ0v) is 14.3. The number of amides is 1. The molecule has 5 nitrogen and oxygen atoms in total. The fraction of sp³-hybridized carbons (Fsp3) is 0.250. The molecule has 2 rings (SSSR count). The molecule has 1 atom stereocenters. The van der Waals surface area contributed by atoms with E-state index in [2.05, 4.69) is 5.32 Å². The molecule has 130 valence electrons. The van der Waals surface area contributed by atoms with Gasteiger partial charge in [0.05, 0.1) is 6.42 Å². The standard InChI is InChI=1S/C20H21NO4/c1-14-7-6-10-17(13-14)21-18(22)11-12-19(23)25-15(2)20(24)16-8-4-3-5-9-16/h3-10,13,15H,11-12H2,1-2H3,(H,21,22). The number of benzene rings is 2. The smallest absolute Gasteiger partial charge is 0.307 e. The van der Waals surface area contributed by atoms with Crippen molar-refractivity contribution in [3.63, 3.8) is 0 Å². The Bertz CT molecular complexity index is 755. The highest BCUT2D eigenvalue weighted by atomic mass is 16.5. The fourth-order valence-electron chi connectivity index (χ4n) is 2.31. The average molecular weight is 339 g/mol. The van der Waals surface area contributed by atoms with E-state index in [9.17, 15) is 14.4 Å². The summed E-state index contributed by atoms with van der Waals surface area (Å²) in [5, 5.41) is 2.73. The summed E-state index contributed by atoms with van der Waals surface area (Å²) in [4.78, 5) is 35.9. The Labute approximate surface area is 147 Å². The van der Waals surface area contributed by atoms with Crippen molar-refractivity contribution in [2.24, 2.45) is 0 Å². The first kappa shape index (κ1) is 18.4. The Kier molecular flexibility index (Phi) is 6.46. The van der Waals surface area contributed by atoms with Gasteiger partial charge in [0.2, 0.25) is 11.7 Å². The number of ether oxygens (including phenoxy) is 1. The van der Waals surface area contributed by atoms with Gasteiger partial charge in [-0.05, 0) is 31.5 Å². The molecule has 0 bridgehead atoms. The number of Topliss-reactive ketones (excluding diaryl/α,β-unsaturated/α-hetero) is 1. The van der Waals surface area contributed by atoms with Gasteiger partial charge in [0.1, 0.15) is 0 Å². The minimum absolute atomic E-state index is 0.000970. The second-order valence-corrected chi connectivity index (χ2v) is 5.78. The lowest BCUT2D eigenvalue weighted by Crippen LogP contribution is -2.25. The highest BCUT2D eigenvalue weighted by Crippen LogP contribution is 2.11. The van der Waals surface area contributed by atoms with Gasteiger partial charge in [0, 0.05) is 17.7 Å². The summed E-state index contributed by atoms with van der Waals surface area (Å²) in [6.45, 7) is 3.46. The number of ketones is 1. The minimum Gasteiger partial charge on any atom is -0.454 e. The molecule has 0 spiro atoms. The second kappa shape index (κ2) is 8.78. The predicted molar refractivity (Wildman–Crippen MR) is 95.4 cm³/mol. The van der Waals surface area contributed by atoms with Gasteiger partial charge in [-0.25, -0.2) is 0 Å². The first-order valence-corrected chi connectivity index (χ1v) is 8.11. The summed E-state index contributed by atoms with van der Waals surface area (Å²) in [5.74, 6) is -1.11. The molecule has 0 aromatic heterocycles. The number of hydrogen-bond donors (Lipinski definition) is 1. The molecule has 0 aliphatic carbocycles. The zero-order valence-electron chi connectivity index (χ0n) is 14.3. The van der Waals surface area contributed by atoms with Gasteiger partial charge in [0.25, 0.3) is 0 Å². The van der Waals surface area contributed by atoms with Crippen molar-refractivity contribution >= 4 is 23.3 Å². The van der Waals surface area contributed by atoms with Crippen LogP contribution in [0.3, 0.4) is 0 Å². The van der Waals surface area contributed by atoms with Gasteiger partial charge in [0.15, 0.2) is 6.10 Å². The maximum atomic E-state index is 12.1. The van der Waals surface area contributed by atoms with Crippen LogP contribution in [0.1, 0.15) is 35.7 Å². The Hall–Kier alpha value is -2.95. The fourth-order valence-corrected chi connectivity index (χ4v) is 2.31. The van der Waals surface area contributed by atoms with E-state index in [1.54, 1.807) is 36.4 Å². The van der Waals surface area contributed by atoms with E-state index in [-0.39, 0.29) is 24.5 Å². The van der Waals surface area contributed by atoms with Crippen LogP contribution in [0.5, 0.6) is 0 Å². The lowest BCUT2D eigenvalue weighted by atomic mass is 10.1. The Morgan fingerprint density at radius 2 is 1.72 bits per heavy atom. The lowest BCUT2D eigenvalue weighted by Gasteiger charge is -2.12. The quantitative estimate of drug-likeness (QED) is 0.619. The van der Waals surface area contributed by atoms with Crippen LogP contribution in [0.25, 0.3) is 0 Å². The average Bonchev–Trinajstić information content (AvgIpc) is 2.60. The molecule has 0 saturated heterocycles. The third kappa shape index (κ3) is 5.88. The van der Waals surface area contributed by atoms with Crippen molar-refractivity contribution in [1.82, 2.24) is 0 Å². The van der Waals surface area contributed by atoms with E-state index in [0.717, 1.165) is 5.56 Å². The van der Waals surface area contributed by atoms with Crippen molar-refractivity contribution in [3.8, 4) is 0 Å². The molecular weight excluding hydrogens is 318 g/mol. The third-order valence-corrected chi connectivity index (χ3v) is 3.59. The van der Waals surface area contributed by atoms with Crippen molar-refractivity contribution < 1.29 is 19.1 Å². The largest absolute Gasteiger partial charge is 0.454 e. The molecular formula is C20H21NO4. The number of aryl methyl sites for hydroxylation is 1. The van der Waals surface area contributed by atoms with Gasteiger partial charge >= 0.3 is 5.97 Å². The van der Waals surface area contributed by atoms with Crippen LogP contribution >= 0.6 is 0 Å². The molecule has 5 heteroatoms. The van der Waals surface area contributed by atoms with Crippen LogP contribution in [-0.4, -0.2) is 23.8 Å². The van der Waals surface area contributed by atoms with Gasteiger partial charge in [-0.3, -0.25) is 14.4 Å². The highest BCUT2D eigenvalue weighted by molar-refractivity contribution is 6.00. The molecule has 25 heavy (non-hydrogen) atoms. The van der Waals surface area contributed by atoms with Crippen molar-refractivity contribution in [3.05, 3.63) is 65.7 Å². The first-order valence-electron chi connectivity index (χ1n) is 8.11. The summed E-state index contributed by atoms with van der Waals surface area (Å²) < 4.78 is 5.12. The summed E-state index contributed by atoms with van der Waals surface area (Å²) in [6.07, 6.45) is -0.960. The molecule has 0 aliphatic rings. The van der Waals surface area contributed by atoms with E-state index in [4.69, 9.17) is 4.74 Å². The summed E-state index contributed by atoms with van der Waals surface area (Å²) in [5.41, 5.74) is 2.21. The molecule has 0 heterocycles. The number of carbonyl (C=O) groups is 3. The Morgan fingerprint density at radius 3 is 2.40 bits per heavy atom. The maximum Gasteiger partial charge on any atom is 0.307 e. The molecule has 0 radical (unpaired) electrons. The van der Waals surface area contributed by atoms with E-state index < -0.39 is 12.1 Å². The minimum atomic E-state index is -0.880. The molecule has 0 saturated carbocycles. The van der Waals surface area contributed by atoms with Gasteiger partial charge in [-0.2, -0.15) is 0 Å². The normalized spacial score (nSPS) is 11.4. The van der Waals surface area contributed by atoms with Crippen LogP contribution in [0.4, 0.5) is 5.69 Å². The number of anilines is 1. The molecule has 0 fully saturated rings. The maximum absolute atomic E-state index is 12.1. The molecule has 1 N–H and O–H groups in total. The van der Waals surface area contributed by atoms with Crippen LogP contribution in [0.2, 0.25) is 0 Å². The van der Waals surface area contributed by atoms with Gasteiger partial charge < -0.3 is 10.1 Å². The SMILES string of the molecule is Cc1cccc(NC(=O)CCC(=O)OC(C)C(=O)c2ccccc2)c1. The van der Waals surface area contributed by atoms with Gasteiger partial charge in [-0.1, -0.05) is 42.5 Å². The van der Waals surface area contributed by atoms with Crippen LogP contribution in [0.15, 0.2) is 54.6 Å². The molecule has 1 amide bonds. The number of nitrogens with one attached hydrogen (secondary N) is 1.